The van der Waals surface area contributed by atoms with Crippen LogP contribution in [0.1, 0.15) is 77.2 Å². The van der Waals surface area contributed by atoms with Crippen molar-refractivity contribution in [2.24, 2.45) is 34.5 Å². The third-order valence-electron chi connectivity index (χ3n) is 9.35. The molecule has 5 rings (SSSR count). The van der Waals surface area contributed by atoms with Crippen LogP contribution in [0.5, 0.6) is 0 Å². The summed E-state index contributed by atoms with van der Waals surface area (Å²) in [4.78, 5) is 12.9. The van der Waals surface area contributed by atoms with Crippen molar-refractivity contribution in [3.8, 4) is 0 Å². The number of allylic oxidation sites excluding steroid dienone is 1. The van der Waals surface area contributed by atoms with Gasteiger partial charge in [-0.2, -0.15) is 0 Å². The summed E-state index contributed by atoms with van der Waals surface area (Å²) in [7, 11) is 0. The second kappa shape index (κ2) is 6.33. The monoisotopic (exact) mass is 362 g/mol. The highest BCUT2D eigenvalue weighted by Crippen LogP contribution is 2.66. The summed E-state index contributed by atoms with van der Waals surface area (Å²) in [5, 5.41) is 0. The molecule has 0 aromatic heterocycles. The number of carbonyl (C=O) groups excluding carboxylic acids is 1. The minimum Gasteiger partial charge on any atom is -0.295 e. The van der Waals surface area contributed by atoms with Gasteiger partial charge < -0.3 is 0 Å². The molecular formula is C26H34O. The molecule has 6 atom stereocenters. The fourth-order valence-corrected chi connectivity index (χ4v) is 7.88. The molecule has 1 heteroatoms. The van der Waals surface area contributed by atoms with E-state index in [2.05, 4.69) is 50.3 Å². The van der Waals surface area contributed by atoms with Crippen LogP contribution in [-0.4, -0.2) is 5.78 Å². The first-order valence-corrected chi connectivity index (χ1v) is 11.3. The van der Waals surface area contributed by atoms with E-state index in [9.17, 15) is 4.79 Å². The van der Waals surface area contributed by atoms with Crippen LogP contribution in [0.3, 0.4) is 0 Å². The lowest BCUT2D eigenvalue weighted by atomic mass is 9.45. The Morgan fingerprint density at radius 1 is 0.963 bits per heavy atom. The van der Waals surface area contributed by atoms with E-state index >= 15 is 0 Å². The van der Waals surface area contributed by atoms with Crippen molar-refractivity contribution in [2.75, 3.05) is 0 Å². The van der Waals surface area contributed by atoms with Gasteiger partial charge in [-0.05, 0) is 96.7 Å². The van der Waals surface area contributed by atoms with Crippen LogP contribution in [0, 0.1) is 34.5 Å². The van der Waals surface area contributed by atoms with Gasteiger partial charge in [-0.1, -0.05) is 50.6 Å². The Labute approximate surface area is 164 Å². The maximum Gasteiger partial charge on any atom is 0.159 e. The largest absolute Gasteiger partial charge is 0.295 e. The van der Waals surface area contributed by atoms with Crippen LogP contribution in [0.25, 0.3) is 6.08 Å². The Hall–Kier alpha value is -1.37. The van der Waals surface area contributed by atoms with Crippen LogP contribution in [-0.2, 0) is 4.79 Å². The smallest absolute Gasteiger partial charge is 0.159 e. The topological polar surface area (TPSA) is 17.1 Å². The molecule has 0 bridgehead atoms. The normalized spacial score (nSPS) is 45.3. The lowest BCUT2D eigenvalue weighted by Crippen LogP contribution is -2.53. The Balaban J connectivity index is 1.46. The van der Waals surface area contributed by atoms with Gasteiger partial charge in [0.15, 0.2) is 5.78 Å². The predicted molar refractivity (Wildman–Crippen MR) is 111 cm³/mol. The van der Waals surface area contributed by atoms with E-state index in [0.717, 1.165) is 36.2 Å². The first-order chi connectivity index (χ1) is 13.0. The van der Waals surface area contributed by atoms with Crippen LogP contribution in [0.15, 0.2) is 35.9 Å². The average molecular weight is 363 g/mol. The van der Waals surface area contributed by atoms with E-state index in [-0.39, 0.29) is 0 Å². The molecule has 0 aliphatic heterocycles. The quantitative estimate of drug-likeness (QED) is 0.509. The van der Waals surface area contributed by atoms with Gasteiger partial charge in [0.25, 0.3) is 0 Å². The Morgan fingerprint density at radius 2 is 1.78 bits per heavy atom. The summed E-state index contributed by atoms with van der Waals surface area (Å²) in [6.45, 7) is 5.14. The summed E-state index contributed by atoms with van der Waals surface area (Å²) < 4.78 is 0. The molecule has 0 amide bonds. The minimum atomic E-state index is 0.335. The number of benzene rings is 1. The van der Waals surface area contributed by atoms with Crippen LogP contribution in [0.4, 0.5) is 0 Å². The van der Waals surface area contributed by atoms with Crippen LogP contribution < -0.4 is 0 Å². The molecule has 27 heavy (non-hydrogen) atoms. The van der Waals surface area contributed by atoms with Crippen molar-refractivity contribution < 1.29 is 4.79 Å². The number of fused-ring (bicyclic) bond motifs is 5. The highest BCUT2D eigenvalue weighted by molar-refractivity contribution is 6.00. The molecular weight excluding hydrogens is 328 g/mol. The number of Topliss-reactive ketones (excluding diaryl/α,β-unsaturated/α-hetero) is 1. The van der Waals surface area contributed by atoms with Gasteiger partial charge in [-0.25, -0.2) is 0 Å². The van der Waals surface area contributed by atoms with E-state index in [4.69, 9.17) is 0 Å². The molecule has 4 aliphatic rings. The van der Waals surface area contributed by atoms with Gasteiger partial charge in [-0.15, -0.1) is 0 Å². The molecule has 1 aromatic carbocycles. The zero-order valence-electron chi connectivity index (χ0n) is 17.0. The van der Waals surface area contributed by atoms with Crippen molar-refractivity contribution >= 4 is 11.9 Å². The summed E-state index contributed by atoms with van der Waals surface area (Å²) >= 11 is 0. The lowest BCUT2D eigenvalue weighted by Gasteiger charge is -2.60. The standard InChI is InChI=1S/C26H34O/c1-25-13-6-9-22(25)21-11-10-20-16-24(27)19(15-18-7-4-3-5-8-18)17-26(20,2)23(21)12-14-25/h3-5,7-8,15,20-23H,6,9-14,16-17H2,1-2H3. The van der Waals surface area contributed by atoms with Crippen molar-refractivity contribution in [1.29, 1.82) is 0 Å². The summed E-state index contributed by atoms with van der Waals surface area (Å²) in [5.74, 6) is 3.73. The first kappa shape index (κ1) is 17.7. The number of hydrogen-bond donors (Lipinski definition) is 0. The van der Waals surface area contributed by atoms with E-state index in [1.54, 1.807) is 0 Å². The molecule has 4 saturated carbocycles. The molecule has 6 unspecified atom stereocenters. The Morgan fingerprint density at radius 3 is 2.59 bits per heavy atom. The number of hydrogen-bond acceptors (Lipinski definition) is 1. The number of ketones is 1. The molecule has 4 fully saturated rings. The van der Waals surface area contributed by atoms with Crippen molar-refractivity contribution in [3.05, 3.63) is 41.5 Å². The van der Waals surface area contributed by atoms with Gasteiger partial charge >= 0.3 is 0 Å². The zero-order valence-corrected chi connectivity index (χ0v) is 17.0. The Kier molecular flexibility index (Phi) is 4.15. The van der Waals surface area contributed by atoms with Gasteiger partial charge in [0.1, 0.15) is 0 Å². The SMILES string of the molecule is CC12CCCC1C1CCC3CC(=O)C(=Cc4ccccc4)CC3(C)C1CC2. The van der Waals surface area contributed by atoms with Gasteiger partial charge in [0.2, 0.25) is 0 Å². The summed E-state index contributed by atoms with van der Waals surface area (Å²) in [5.41, 5.74) is 3.24. The van der Waals surface area contributed by atoms with Gasteiger partial charge in [-0.3, -0.25) is 4.79 Å². The van der Waals surface area contributed by atoms with E-state index in [0.29, 0.717) is 22.5 Å². The average Bonchev–Trinajstić information content (AvgIpc) is 3.05. The third kappa shape index (κ3) is 2.76. The van der Waals surface area contributed by atoms with Crippen LogP contribution in [0.2, 0.25) is 0 Å². The molecule has 4 aliphatic carbocycles. The van der Waals surface area contributed by atoms with E-state index < -0.39 is 0 Å². The Bertz CT molecular complexity index is 762. The molecule has 0 heterocycles. The zero-order chi connectivity index (χ0) is 18.6. The number of rotatable bonds is 1. The minimum absolute atomic E-state index is 0.335. The number of carbonyl (C=O) groups is 1. The molecule has 0 spiro atoms. The van der Waals surface area contributed by atoms with E-state index in [1.165, 1.54) is 50.5 Å². The van der Waals surface area contributed by atoms with Gasteiger partial charge in [0.05, 0.1) is 0 Å². The molecule has 1 aromatic rings. The predicted octanol–water partition coefficient (Wildman–Crippen LogP) is 6.68. The first-order valence-electron chi connectivity index (χ1n) is 11.3. The van der Waals surface area contributed by atoms with Crippen molar-refractivity contribution in [3.63, 3.8) is 0 Å². The lowest BCUT2D eigenvalue weighted by molar-refractivity contribution is -0.130. The maximum atomic E-state index is 12.9. The van der Waals surface area contributed by atoms with Crippen LogP contribution >= 0.6 is 0 Å². The molecule has 1 nitrogen and oxygen atoms in total. The molecule has 144 valence electrons. The highest BCUT2D eigenvalue weighted by Gasteiger charge is 2.58. The summed E-state index contributed by atoms with van der Waals surface area (Å²) in [6.07, 6.45) is 13.9. The molecule has 0 saturated heterocycles. The third-order valence-corrected chi connectivity index (χ3v) is 9.35. The van der Waals surface area contributed by atoms with Crippen molar-refractivity contribution in [2.45, 2.75) is 71.6 Å². The second-order valence-electron chi connectivity index (χ2n) is 10.6. The molecule has 0 radical (unpaired) electrons. The highest BCUT2D eigenvalue weighted by atomic mass is 16.1. The fourth-order valence-electron chi connectivity index (χ4n) is 7.88. The van der Waals surface area contributed by atoms with E-state index in [1.807, 2.05) is 0 Å². The second-order valence-corrected chi connectivity index (χ2v) is 10.6. The van der Waals surface area contributed by atoms with Crippen molar-refractivity contribution in [1.82, 2.24) is 0 Å². The maximum absolute atomic E-state index is 12.9. The van der Waals surface area contributed by atoms with Gasteiger partial charge in [0, 0.05) is 6.42 Å². The summed E-state index contributed by atoms with van der Waals surface area (Å²) in [6, 6.07) is 10.5. The fraction of sp³-hybridized carbons (Fsp3) is 0.654. The molecule has 0 N–H and O–H groups in total.